The molecule has 1 heterocycles. The van der Waals surface area contributed by atoms with Gasteiger partial charge in [-0.3, -0.25) is 0 Å². The molecule has 1 aliphatic heterocycles. The third kappa shape index (κ3) is 4.37. The van der Waals surface area contributed by atoms with Gasteiger partial charge in [0.25, 0.3) is 10.2 Å². The molecule has 1 rings (SSSR count). The summed E-state index contributed by atoms with van der Waals surface area (Å²) in [6.07, 6.45) is 3.78. The highest BCUT2D eigenvalue weighted by molar-refractivity contribution is 7.87. The Morgan fingerprint density at radius 3 is 2.56 bits per heavy atom. The van der Waals surface area contributed by atoms with Gasteiger partial charge in [0.05, 0.1) is 0 Å². The van der Waals surface area contributed by atoms with Gasteiger partial charge in [0.15, 0.2) is 0 Å². The van der Waals surface area contributed by atoms with E-state index in [-0.39, 0.29) is 0 Å². The summed E-state index contributed by atoms with van der Waals surface area (Å²) in [6, 6.07) is 0. The predicted octanol–water partition coefficient (Wildman–Crippen LogP) is 0.292. The van der Waals surface area contributed by atoms with E-state index in [1.54, 1.807) is 0 Å². The Labute approximate surface area is 98.6 Å². The topological polar surface area (TPSA) is 75.4 Å². The van der Waals surface area contributed by atoms with Gasteiger partial charge < -0.3 is 5.73 Å². The van der Waals surface area contributed by atoms with Crippen LogP contribution in [-0.2, 0) is 10.2 Å². The van der Waals surface area contributed by atoms with E-state index in [9.17, 15) is 8.42 Å². The molecule has 1 saturated heterocycles. The SMILES string of the molecule is CC(CN)CCCNS(=O)(=O)N1CCCC1. The minimum Gasteiger partial charge on any atom is -0.330 e. The molecule has 1 aliphatic rings. The summed E-state index contributed by atoms with van der Waals surface area (Å²) < 4.78 is 27.6. The van der Waals surface area contributed by atoms with Crippen LogP contribution in [0.2, 0.25) is 0 Å². The molecule has 96 valence electrons. The molecular weight excluding hydrogens is 226 g/mol. The van der Waals surface area contributed by atoms with Gasteiger partial charge >= 0.3 is 0 Å². The fourth-order valence-corrected chi connectivity index (χ4v) is 3.11. The van der Waals surface area contributed by atoms with Crippen LogP contribution < -0.4 is 10.5 Å². The lowest BCUT2D eigenvalue weighted by molar-refractivity contribution is 0.458. The number of rotatable bonds is 7. The lowest BCUT2D eigenvalue weighted by Gasteiger charge is -2.16. The lowest BCUT2D eigenvalue weighted by atomic mass is 10.1. The maximum absolute atomic E-state index is 11.7. The van der Waals surface area contributed by atoms with Crippen molar-refractivity contribution in [1.82, 2.24) is 9.03 Å². The fraction of sp³-hybridized carbons (Fsp3) is 1.00. The van der Waals surface area contributed by atoms with Gasteiger partial charge in [-0.05, 0) is 38.1 Å². The molecule has 3 N–H and O–H groups in total. The Kier molecular flexibility index (Phi) is 5.68. The van der Waals surface area contributed by atoms with Crippen molar-refractivity contribution in [3.63, 3.8) is 0 Å². The lowest BCUT2D eigenvalue weighted by Crippen LogP contribution is -2.39. The summed E-state index contributed by atoms with van der Waals surface area (Å²) in [6.45, 7) is 4.58. The zero-order valence-corrected chi connectivity index (χ0v) is 10.8. The molecule has 0 radical (unpaired) electrons. The van der Waals surface area contributed by atoms with Crippen molar-refractivity contribution >= 4 is 10.2 Å². The Hall–Kier alpha value is -0.170. The van der Waals surface area contributed by atoms with Crippen LogP contribution in [0.15, 0.2) is 0 Å². The molecule has 0 saturated carbocycles. The first-order valence-electron chi connectivity index (χ1n) is 6.01. The van der Waals surface area contributed by atoms with Gasteiger partial charge in [0.2, 0.25) is 0 Å². The Morgan fingerprint density at radius 2 is 2.00 bits per heavy atom. The highest BCUT2D eigenvalue weighted by Gasteiger charge is 2.24. The molecule has 16 heavy (non-hydrogen) atoms. The van der Waals surface area contributed by atoms with Crippen LogP contribution in [-0.4, -0.2) is 38.9 Å². The molecule has 0 aromatic rings. The normalized spacial score (nSPS) is 20.1. The zero-order valence-electron chi connectivity index (χ0n) is 9.98. The Balaban J connectivity index is 2.20. The molecule has 1 fully saturated rings. The van der Waals surface area contributed by atoms with Crippen molar-refractivity contribution in [2.75, 3.05) is 26.2 Å². The van der Waals surface area contributed by atoms with Crippen LogP contribution in [0.5, 0.6) is 0 Å². The van der Waals surface area contributed by atoms with Crippen molar-refractivity contribution in [3.8, 4) is 0 Å². The molecule has 0 aromatic heterocycles. The second-order valence-electron chi connectivity index (χ2n) is 4.49. The smallest absolute Gasteiger partial charge is 0.279 e. The van der Waals surface area contributed by atoms with E-state index in [0.717, 1.165) is 25.7 Å². The summed E-state index contributed by atoms with van der Waals surface area (Å²) in [5.74, 6) is 0.469. The third-order valence-electron chi connectivity index (χ3n) is 2.97. The minimum atomic E-state index is -3.21. The van der Waals surface area contributed by atoms with Crippen LogP contribution in [0.25, 0.3) is 0 Å². The summed E-state index contributed by atoms with van der Waals surface area (Å²) in [5, 5.41) is 0. The van der Waals surface area contributed by atoms with Crippen LogP contribution in [0.1, 0.15) is 32.6 Å². The van der Waals surface area contributed by atoms with Crippen molar-refractivity contribution in [2.24, 2.45) is 11.7 Å². The first-order chi connectivity index (χ1) is 7.56. The molecule has 0 amide bonds. The van der Waals surface area contributed by atoms with E-state index >= 15 is 0 Å². The second kappa shape index (κ2) is 6.54. The molecule has 1 unspecified atom stereocenters. The van der Waals surface area contributed by atoms with Crippen molar-refractivity contribution in [3.05, 3.63) is 0 Å². The molecule has 1 atom stereocenters. The largest absolute Gasteiger partial charge is 0.330 e. The Bertz CT molecular complexity index is 286. The average Bonchev–Trinajstić information content (AvgIpc) is 2.78. The monoisotopic (exact) mass is 249 g/mol. The summed E-state index contributed by atoms with van der Waals surface area (Å²) >= 11 is 0. The van der Waals surface area contributed by atoms with Gasteiger partial charge in [-0.2, -0.15) is 12.7 Å². The number of nitrogens with one attached hydrogen (secondary N) is 1. The first-order valence-corrected chi connectivity index (χ1v) is 7.45. The van der Waals surface area contributed by atoms with E-state index in [2.05, 4.69) is 11.6 Å². The van der Waals surface area contributed by atoms with Crippen molar-refractivity contribution in [2.45, 2.75) is 32.6 Å². The van der Waals surface area contributed by atoms with Crippen LogP contribution >= 0.6 is 0 Å². The van der Waals surface area contributed by atoms with Gasteiger partial charge in [-0.15, -0.1) is 0 Å². The maximum atomic E-state index is 11.7. The highest BCUT2D eigenvalue weighted by atomic mass is 32.2. The average molecular weight is 249 g/mol. The number of hydrogen-bond acceptors (Lipinski definition) is 3. The minimum absolute atomic E-state index is 0.469. The van der Waals surface area contributed by atoms with E-state index in [4.69, 9.17) is 5.73 Å². The van der Waals surface area contributed by atoms with Crippen molar-refractivity contribution < 1.29 is 8.42 Å². The van der Waals surface area contributed by atoms with Crippen LogP contribution in [0, 0.1) is 5.92 Å². The fourth-order valence-electron chi connectivity index (χ4n) is 1.79. The maximum Gasteiger partial charge on any atom is 0.279 e. The van der Waals surface area contributed by atoms with Crippen LogP contribution in [0.4, 0.5) is 0 Å². The van der Waals surface area contributed by atoms with Gasteiger partial charge in [-0.25, -0.2) is 4.72 Å². The number of nitrogens with two attached hydrogens (primary N) is 1. The van der Waals surface area contributed by atoms with E-state index in [0.29, 0.717) is 32.1 Å². The highest BCUT2D eigenvalue weighted by Crippen LogP contribution is 2.11. The zero-order chi connectivity index (χ0) is 12.0. The molecule has 0 bridgehead atoms. The third-order valence-corrected chi connectivity index (χ3v) is 4.58. The molecule has 0 aromatic carbocycles. The molecular formula is C10H23N3O2S. The van der Waals surface area contributed by atoms with Gasteiger partial charge in [0.1, 0.15) is 0 Å². The van der Waals surface area contributed by atoms with E-state index in [1.165, 1.54) is 4.31 Å². The second-order valence-corrected chi connectivity index (χ2v) is 6.24. The van der Waals surface area contributed by atoms with Crippen LogP contribution in [0.3, 0.4) is 0 Å². The first kappa shape index (κ1) is 13.9. The van der Waals surface area contributed by atoms with Gasteiger partial charge in [-0.1, -0.05) is 6.92 Å². The predicted molar refractivity (Wildman–Crippen MR) is 65.2 cm³/mol. The molecule has 0 spiro atoms. The summed E-state index contributed by atoms with van der Waals surface area (Å²) in [5.41, 5.74) is 5.49. The van der Waals surface area contributed by atoms with Gasteiger partial charge in [0, 0.05) is 19.6 Å². The summed E-state index contributed by atoms with van der Waals surface area (Å²) in [7, 11) is -3.21. The Morgan fingerprint density at radius 1 is 1.38 bits per heavy atom. The standard InChI is InChI=1S/C10H23N3O2S/c1-10(9-11)5-4-6-12-16(14,15)13-7-2-3-8-13/h10,12H,2-9,11H2,1H3. The summed E-state index contributed by atoms with van der Waals surface area (Å²) in [4.78, 5) is 0. The van der Waals surface area contributed by atoms with E-state index in [1.807, 2.05) is 0 Å². The molecule has 5 nitrogen and oxygen atoms in total. The van der Waals surface area contributed by atoms with E-state index < -0.39 is 10.2 Å². The molecule has 6 heteroatoms. The van der Waals surface area contributed by atoms with Crippen molar-refractivity contribution in [1.29, 1.82) is 0 Å². The quantitative estimate of drug-likeness (QED) is 0.637. The number of hydrogen-bond donors (Lipinski definition) is 2. The molecule has 0 aliphatic carbocycles. The number of nitrogens with zero attached hydrogens (tertiary/aromatic N) is 1.